The van der Waals surface area contributed by atoms with Crippen LogP contribution in [0.5, 0.6) is 0 Å². The van der Waals surface area contributed by atoms with E-state index >= 15 is 0 Å². The van der Waals surface area contributed by atoms with E-state index in [1.165, 1.54) is 0 Å². The van der Waals surface area contributed by atoms with Crippen molar-refractivity contribution >= 4 is 51.8 Å². The molecule has 0 rings (SSSR count). The molecule has 1 atom stereocenters. The van der Waals surface area contributed by atoms with Crippen LogP contribution in [0.1, 0.15) is 27.7 Å². The number of carboxylic acids is 4. The molecule has 21 heavy (non-hydrogen) atoms. The number of hydrogen-bond donors (Lipinski definition) is 6. The second kappa shape index (κ2) is 27.2. The zero-order chi connectivity index (χ0) is 18.6. The summed E-state index contributed by atoms with van der Waals surface area (Å²) in [5, 5.41) is 29.7. The molecule has 0 fully saturated rings. The van der Waals surface area contributed by atoms with Crippen molar-refractivity contribution in [3.8, 4) is 0 Å². The summed E-state index contributed by atoms with van der Waals surface area (Å²) in [6, 6.07) is 0. The van der Waals surface area contributed by atoms with Crippen LogP contribution in [0.25, 0.3) is 0 Å². The van der Waals surface area contributed by atoms with Gasteiger partial charge in [0, 0.05) is 27.7 Å². The Balaban J connectivity index is -0.0000000510. The standard InChI is InChI=1S/C2H7N2.4C2H4O2.Na/c3-1-2-4;4*1-2(3)4;/h1H,2-4H2;4*1H3,(H,3,4);. The fourth-order valence-corrected chi connectivity index (χ4v) is 0. The van der Waals surface area contributed by atoms with Crippen LogP contribution >= 0.6 is 0 Å². The van der Waals surface area contributed by atoms with Gasteiger partial charge >= 0.3 is 49.2 Å². The van der Waals surface area contributed by atoms with Crippen molar-refractivity contribution in [2.24, 2.45) is 11.5 Å². The van der Waals surface area contributed by atoms with Gasteiger partial charge in [0.1, 0.15) is 0 Å². The molecule has 0 amide bonds. The molecule has 122 valence electrons. The Hall–Kier alpha value is -1.20. The Bertz CT molecular complexity index is 220. The van der Waals surface area contributed by atoms with Gasteiger partial charge in [-0.25, -0.2) is 0 Å². The number of carbonyl (C=O) groups is 4. The Labute approximate surface area is 140 Å². The van der Waals surface area contributed by atoms with Crippen LogP contribution in [0.3, 0.4) is 0 Å². The van der Waals surface area contributed by atoms with Crippen LogP contribution in [0.15, 0.2) is 0 Å². The maximum atomic E-state index is 9.00. The number of nitrogens with two attached hydrogens (primary N) is 2. The molecule has 0 bridgehead atoms. The summed E-state index contributed by atoms with van der Waals surface area (Å²) < 4.78 is 0.301. The molecule has 0 saturated heterocycles. The van der Waals surface area contributed by atoms with Crippen LogP contribution in [-0.4, -0.2) is 82.1 Å². The van der Waals surface area contributed by atoms with E-state index in [0.717, 1.165) is 55.6 Å². The first-order valence-electron chi connectivity index (χ1n) is 5.44. The Morgan fingerprint density at radius 2 is 0.857 bits per heavy atom. The normalized spacial score (nSPS) is 8.38. The summed E-state index contributed by atoms with van der Waals surface area (Å²) >= 11 is 1.02. The van der Waals surface area contributed by atoms with Crippen LogP contribution in [0.4, 0.5) is 0 Å². The second-order valence-corrected chi connectivity index (χ2v) is 4.77. The third-order valence-corrected chi connectivity index (χ3v) is 0.843. The van der Waals surface area contributed by atoms with Gasteiger partial charge in [-0.05, 0) is 0 Å². The molecule has 0 aliphatic carbocycles. The first-order chi connectivity index (χ1) is 9.20. The van der Waals surface area contributed by atoms with Gasteiger partial charge < -0.3 is 20.4 Å². The third-order valence-electron chi connectivity index (χ3n) is 0.372. The average molecular weight is 322 g/mol. The summed E-state index contributed by atoms with van der Waals surface area (Å²) in [4.78, 5) is 36.0. The second-order valence-electron chi connectivity index (χ2n) is 3.29. The molecule has 1 unspecified atom stereocenters. The van der Waals surface area contributed by atoms with Gasteiger partial charge in [0.25, 0.3) is 23.9 Å². The maximum absolute atomic E-state index is 9.00. The van der Waals surface area contributed by atoms with Crippen LogP contribution in [0, 0.1) is 0 Å². The van der Waals surface area contributed by atoms with Crippen molar-refractivity contribution in [2.45, 2.75) is 31.0 Å². The summed E-state index contributed by atoms with van der Waals surface area (Å²) in [6.07, 6.45) is 0. The van der Waals surface area contributed by atoms with Crippen LogP contribution in [0.2, 0.25) is 0 Å². The van der Waals surface area contributed by atoms with E-state index in [4.69, 9.17) is 51.1 Å². The summed E-state index contributed by atoms with van der Waals surface area (Å²) in [5.41, 5.74) is 10.3. The minimum atomic E-state index is -0.833. The van der Waals surface area contributed by atoms with E-state index in [9.17, 15) is 0 Å². The van der Waals surface area contributed by atoms with Crippen molar-refractivity contribution in [1.29, 1.82) is 0 Å². The molecular weight excluding hydrogens is 299 g/mol. The average Bonchev–Trinajstić information content (AvgIpc) is 2.13. The monoisotopic (exact) mass is 322 g/mol. The van der Waals surface area contributed by atoms with Gasteiger partial charge in [-0.15, -0.1) is 0 Å². The van der Waals surface area contributed by atoms with Gasteiger partial charge in [-0.1, -0.05) is 0 Å². The minimum absolute atomic E-state index is 0.301. The molecule has 0 heterocycles. The van der Waals surface area contributed by atoms with Crippen molar-refractivity contribution in [3.63, 3.8) is 0 Å². The molecule has 0 aliphatic rings. The van der Waals surface area contributed by atoms with E-state index < -0.39 is 23.9 Å². The molecule has 10 nitrogen and oxygen atoms in total. The predicted molar refractivity (Wildman–Crippen MR) is 76.0 cm³/mol. The fourth-order valence-electron chi connectivity index (χ4n) is 0. The van der Waals surface area contributed by atoms with Gasteiger partial charge in [0.2, 0.25) is 0 Å². The molecule has 0 aromatic carbocycles. The van der Waals surface area contributed by atoms with Crippen LogP contribution in [-0.2, 0) is 19.2 Å². The molecular formula is C10H23N2NaO8. The van der Waals surface area contributed by atoms with E-state index in [-0.39, 0.29) is 0 Å². The molecule has 0 spiro atoms. The first kappa shape index (κ1) is 31.9. The molecule has 8 N–H and O–H groups in total. The van der Waals surface area contributed by atoms with Gasteiger partial charge in [-0.2, -0.15) is 0 Å². The SMILES string of the molecule is CC(=O)O.CC(=O)O.CC(=O)O.CC(=O)O.NC[CH](N)[Na]. The Morgan fingerprint density at radius 1 is 0.810 bits per heavy atom. The van der Waals surface area contributed by atoms with Crippen molar-refractivity contribution in [3.05, 3.63) is 0 Å². The topological polar surface area (TPSA) is 201 Å². The first-order valence-corrected chi connectivity index (χ1v) is 6.59. The summed E-state index contributed by atoms with van der Waals surface area (Å²) in [7, 11) is 0. The van der Waals surface area contributed by atoms with Crippen molar-refractivity contribution in [1.82, 2.24) is 0 Å². The quantitative estimate of drug-likeness (QED) is 0.317. The molecule has 0 radical (unpaired) electrons. The third kappa shape index (κ3) is 8290. The van der Waals surface area contributed by atoms with E-state index in [2.05, 4.69) is 0 Å². The number of carboxylic acid groups (broad SMARTS) is 4. The van der Waals surface area contributed by atoms with E-state index in [1.807, 2.05) is 0 Å². The molecule has 0 aliphatic heterocycles. The Kier molecular flexibility index (Phi) is 41.4. The molecule has 0 aromatic rings. The Morgan fingerprint density at radius 3 is 0.857 bits per heavy atom. The van der Waals surface area contributed by atoms with Gasteiger partial charge in [0.15, 0.2) is 0 Å². The number of aliphatic carboxylic acids is 4. The zero-order valence-corrected chi connectivity index (χ0v) is 14.9. The molecule has 0 saturated carbocycles. The number of rotatable bonds is 1. The zero-order valence-electron chi connectivity index (χ0n) is 12.9. The summed E-state index contributed by atoms with van der Waals surface area (Å²) in [6.45, 7) is 4.98. The van der Waals surface area contributed by atoms with Crippen LogP contribution < -0.4 is 11.5 Å². The van der Waals surface area contributed by atoms with E-state index in [0.29, 0.717) is 9.84 Å². The van der Waals surface area contributed by atoms with Crippen molar-refractivity contribution in [2.75, 3.05) is 6.54 Å². The van der Waals surface area contributed by atoms with Gasteiger partial charge in [0.05, 0.1) is 0 Å². The molecule has 11 heteroatoms. The predicted octanol–water partition coefficient (Wildman–Crippen LogP) is -1.24. The fraction of sp³-hybridized carbons (Fsp3) is 0.600. The van der Waals surface area contributed by atoms with Gasteiger partial charge in [-0.3, -0.25) is 19.2 Å². The summed E-state index contributed by atoms with van der Waals surface area (Å²) in [5.74, 6) is -3.33. The molecule has 0 aromatic heterocycles. The number of hydrogen-bond acceptors (Lipinski definition) is 6. The van der Waals surface area contributed by atoms with E-state index in [1.54, 1.807) is 0 Å². The van der Waals surface area contributed by atoms with Crippen molar-refractivity contribution < 1.29 is 39.6 Å².